The number of carbonyl (C=O) groups excluding carboxylic acids is 1. The summed E-state index contributed by atoms with van der Waals surface area (Å²) in [7, 11) is 1.52. The maximum Gasteiger partial charge on any atom is 0.255 e. The highest BCUT2D eigenvalue weighted by Crippen LogP contribution is 2.23. The average molecular weight is 336 g/mol. The van der Waals surface area contributed by atoms with Crippen LogP contribution in [-0.2, 0) is 6.54 Å². The van der Waals surface area contributed by atoms with Crippen LogP contribution in [0.25, 0.3) is 0 Å². The molecule has 0 atom stereocenters. The van der Waals surface area contributed by atoms with Crippen LogP contribution in [0.5, 0.6) is 11.5 Å². The van der Waals surface area contributed by atoms with Gasteiger partial charge in [-0.3, -0.25) is 4.79 Å². The van der Waals surface area contributed by atoms with Crippen LogP contribution in [0.3, 0.4) is 0 Å². The van der Waals surface area contributed by atoms with Crippen molar-refractivity contribution in [3.05, 3.63) is 58.1 Å². The van der Waals surface area contributed by atoms with E-state index in [1.807, 2.05) is 0 Å². The van der Waals surface area contributed by atoms with Crippen molar-refractivity contribution in [3.8, 4) is 11.5 Å². The molecule has 0 fully saturated rings. The number of para-hydroxylation sites is 1. The fourth-order valence-corrected chi connectivity index (χ4v) is 2.12. The molecule has 2 aromatic rings. The molecule has 0 heterocycles. The van der Waals surface area contributed by atoms with Crippen LogP contribution in [0.4, 0.5) is 0 Å². The van der Waals surface area contributed by atoms with Crippen LogP contribution in [0.1, 0.15) is 15.9 Å². The van der Waals surface area contributed by atoms with E-state index in [1.54, 1.807) is 42.5 Å². The van der Waals surface area contributed by atoms with Gasteiger partial charge in [0.15, 0.2) is 0 Å². The van der Waals surface area contributed by atoms with Crippen LogP contribution in [-0.4, -0.2) is 18.1 Å². The Morgan fingerprint density at radius 1 is 1.30 bits per heavy atom. The molecule has 104 valence electrons. The number of methoxy groups -OCH3 is 1. The van der Waals surface area contributed by atoms with Crippen molar-refractivity contribution in [2.24, 2.45) is 0 Å². The largest absolute Gasteiger partial charge is 0.508 e. The van der Waals surface area contributed by atoms with E-state index in [9.17, 15) is 9.90 Å². The lowest BCUT2D eigenvalue weighted by Crippen LogP contribution is -2.23. The summed E-state index contributed by atoms with van der Waals surface area (Å²) in [5.74, 6) is 0.405. The Balaban J connectivity index is 2.11. The molecule has 0 saturated carbocycles. The first-order chi connectivity index (χ1) is 9.61. The number of rotatable bonds is 4. The van der Waals surface area contributed by atoms with Crippen molar-refractivity contribution in [1.29, 1.82) is 0 Å². The highest BCUT2D eigenvalue weighted by Gasteiger charge is 2.12. The molecular formula is C15H14BrNO3. The average Bonchev–Trinajstić information content (AvgIpc) is 2.46. The first-order valence-electron chi connectivity index (χ1n) is 6.00. The Morgan fingerprint density at radius 2 is 2.05 bits per heavy atom. The first kappa shape index (κ1) is 14.4. The zero-order valence-corrected chi connectivity index (χ0v) is 12.5. The van der Waals surface area contributed by atoms with Gasteiger partial charge in [0.05, 0.1) is 12.7 Å². The van der Waals surface area contributed by atoms with Crippen LogP contribution >= 0.6 is 15.9 Å². The number of aromatic hydroxyl groups is 1. The predicted molar refractivity (Wildman–Crippen MR) is 80.0 cm³/mol. The van der Waals surface area contributed by atoms with Gasteiger partial charge in [-0.2, -0.15) is 0 Å². The zero-order valence-electron chi connectivity index (χ0n) is 10.9. The summed E-state index contributed by atoms with van der Waals surface area (Å²) < 4.78 is 6.02. The van der Waals surface area contributed by atoms with Crippen LogP contribution in [0.2, 0.25) is 0 Å². The van der Waals surface area contributed by atoms with E-state index < -0.39 is 0 Å². The summed E-state index contributed by atoms with van der Waals surface area (Å²) in [6.07, 6.45) is 0. The summed E-state index contributed by atoms with van der Waals surface area (Å²) in [6.45, 7) is 0.255. The van der Waals surface area contributed by atoms with Gasteiger partial charge >= 0.3 is 0 Å². The fourth-order valence-electron chi connectivity index (χ4n) is 1.78. The van der Waals surface area contributed by atoms with E-state index in [2.05, 4.69) is 21.2 Å². The number of halogens is 1. The highest BCUT2D eigenvalue weighted by molar-refractivity contribution is 9.10. The number of phenolic OH excluding ortho intramolecular Hbond substituents is 1. The molecule has 0 spiro atoms. The smallest absolute Gasteiger partial charge is 0.255 e. The molecule has 2 N–H and O–H groups in total. The summed E-state index contributed by atoms with van der Waals surface area (Å²) in [6, 6.07) is 12.1. The summed E-state index contributed by atoms with van der Waals surface area (Å²) in [5.41, 5.74) is 1.11. The third-order valence-electron chi connectivity index (χ3n) is 2.84. The van der Waals surface area contributed by atoms with E-state index in [0.717, 1.165) is 4.47 Å². The van der Waals surface area contributed by atoms with E-state index in [4.69, 9.17) is 4.74 Å². The monoisotopic (exact) mass is 335 g/mol. The molecule has 0 unspecified atom stereocenters. The Morgan fingerprint density at radius 3 is 2.75 bits per heavy atom. The Kier molecular flexibility index (Phi) is 4.63. The lowest BCUT2D eigenvalue weighted by molar-refractivity contribution is 0.0947. The van der Waals surface area contributed by atoms with Crippen LogP contribution in [0.15, 0.2) is 46.9 Å². The van der Waals surface area contributed by atoms with Gasteiger partial charge in [0.25, 0.3) is 5.91 Å². The van der Waals surface area contributed by atoms with E-state index in [1.165, 1.54) is 7.11 Å². The topological polar surface area (TPSA) is 58.6 Å². The van der Waals surface area contributed by atoms with Crippen LogP contribution in [0, 0.1) is 0 Å². The third-order valence-corrected chi connectivity index (χ3v) is 3.33. The van der Waals surface area contributed by atoms with Gasteiger partial charge in [-0.1, -0.05) is 34.1 Å². The number of amides is 1. The Labute approximate surface area is 125 Å². The number of phenols is 1. The lowest BCUT2D eigenvalue weighted by atomic mass is 10.1. The second-order valence-electron chi connectivity index (χ2n) is 4.16. The van der Waals surface area contributed by atoms with Crippen molar-refractivity contribution in [2.75, 3.05) is 7.11 Å². The predicted octanol–water partition coefficient (Wildman–Crippen LogP) is 3.09. The molecule has 20 heavy (non-hydrogen) atoms. The molecule has 4 nitrogen and oxygen atoms in total. The van der Waals surface area contributed by atoms with Crippen molar-refractivity contribution < 1.29 is 14.6 Å². The Bertz CT molecular complexity index is 628. The number of nitrogens with one attached hydrogen (secondary N) is 1. The second kappa shape index (κ2) is 6.43. The van der Waals surface area contributed by atoms with Crippen molar-refractivity contribution in [2.45, 2.75) is 6.54 Å². The zero-order chi connectivity index (χ0) is 14.5. The van der Waals surface area contributed by atoms with Gasteiger partial charge < -0.3 is 15.2 Å². The number of hydrogen-bond donors (Lipinski definition) is 2. The molecule has 0 aromatic heterocycles. The van der Waals surface area contributed by atoms with E-state index in [-0.39, 0.29) is 18.2 Å². The molecule has 0 saturated heterocycles. The standard InChI is InChI=1S/C15H14BrNO3/c1-20-14-8-11(16)6-7-12(14)15(19)17-9-10-4-2-3-5-13(10)18/h2-8,18H,9H2,1H3,(H,17,19). The number of hydrogen-bond acceptors (Lipinski definition) is 3. The van der Waals surface area contributed by atoms with Gasteiger partial charge in [0.1, 0.15) is 11.5 Å². The van der Waals surface area contributed by atoms with Crippen molar-refractivity contribution >= 4 is 21.8 Å². The maximum atomic E-state index is 12.1. The molecular weight excluding hydrogens is 322 g/mol. The van der Waals surface area contributed by atoms with E-state index in [0.29, 0.717) is 16.9 Å². The Hall–Kier alpha value is -2.01. The lowest BCUT2D eigenvalue weighted by Gasteiger charge is -2.10. The van der Waals surface area contributed by atoms with Gasteiger partial charge in [0, 0.05) is 16.6 Å². The van der Waals surface area contributed by atoms with Crippen LogP contribution < -0.4 is 10.1 Å². The molecule has 1 amide bonds. The molecule has 0 bridgehead atoms. The first-order valence-corrected chi connectivity index (χ1v) is 6.79. The van der Waals surface area contributed by atoms with Gasteiger partial charge in [0.2, 0.25) is 0 Å². The molecule has 0 aliphatic carbocycles. The molecule has 0 aliphatic rings. The normalized spacial score (nSPS) is 10.1. The summed E-state index contributed by atoms with van der Waals surface area (Å²) >= 11 is 3.33. The highest BCUT2D eigenvalue weighted by atomic mass is 79.9. The van der Waals surface area contributed by atoms with Crippen molar-refractivity contribution in [1.82, 2.24) is 5.32 Å². The quantitative estimate of drug-likeness (QED) is 0.902. The fraction of sp³-hybridized carbons (Fsp3) is 0.133. The summed E-state index contributed by atoms with van der Waals surface area (Å²) in [4.78, 5) is 12.1. The SMILES string of the molecule is COc1cc(Br)ccc1C(=O)NCc1ccccc1O. The molecule has 2 rings (SSSR count). The van der Waals surface area contributed by atoms with Gasteiger partial charge in [-0.05, 0) is 24.3 Å². The van der Waals surface area contributed by atoms with Gasteiger partial charge in [-0.25, -0.2) is 0 Å². The molecule has 5 heteroatoms. The van der Waals surface area contributed by atoms with Crippen molar-refractivity contribution in [3.63, 3.8) is 0 Å². The summed E-state index contributed by atoms with van der Waals surface area (Å²) in [5, 5.41) is 12.4. The number of benzene rings is 2. The number of carbonyl (C=O) groups is 1. The number of ether oxygens (including phenoxy) is 1. The van der Waals surface area contributed by atoms with E-state index >= 15 is 0 Å². The minimum Gasteiger partial charge on any atom is -0.508 e. The maximum absolute atomic E-state index is 12.1. The molecule has 0 aliphatic heterocycles. The minimum absolute atomic E-state index is 0.163. The van der Waals surface area contributed by atoms with Gasteiger partial charge in [-0.15, -0.1) is 0 Å². The minimum atomic E-state index is -0.252. The molecule has 2 aromatic carbocycles. The molecule has 0 radical (unpaired) electrons. The third kappa shape index (κ3) is 3.30. The second-order valence-corrected chi connectivity index (χ2v) is 5.07.